The number of aromatic hydroxyl groups is 1. The Balaban J connectivity index is 2.13. The molecule has 0 aromatic heterocycles. The van der Waals surface area contributed by atoms with Crippen LogP contribution < -0.4 is 10.6 Å². The summed E-state index contributed by atoms with van der Waals surface area (Å²) in [5.41, 5.74) is 1.34. The number of para-hydroxylation sites is 1. The number of anilines is 2. The summed E-state index contributed by atoms with van der Waals surface area (Å²) in [4.78, 5) is 23.4. The quantitative estimate of drug-likeness (QED) is 0.807. The molecule has 2 rings (SSSR count). The number of benzene rings is 2. The maximum Gasteiger partial charge on any atom is 0.259 e. The van der Waals surface area contributed by atoms with Crippen LogP contribution in [0.2, 0.25) is 0 Å². The second-order valence-corrected chi connectivity index (χ2v) is 4.45. The summed E-state index contributed by atoms with van der Waals surface area (Å²) in [6, 6.07) is 13.1. The van der Waals surface area contributed by atoms with Crippen LogP contribution in [0.5, 0.6) is 5.75 Å². The van der Waals surface area contributed by atoms with Gasteiger partial charge in [-0.3, -0.25) is 9.59 Å². The second-order valence-electron chi connectivity index (χ2n) is 4.45. The number of phenols is 1. The van der Waals surface area contributed by atoms with Gasteiger partial charge in [-0.15, -0.1) is 0 Å². The van der Waals surface area contributed by atoms with E-state index in [-0.39, 0.29) is 17.2 Å². The molecule has 0 spiro atoms. The van der Waals surface area contributed by atoms with E-state index in [1.807, 2.05) is 0 Å². The topological polar surface area (TPSA) is 78.4 Å². The molecule has 0 saturated heterocycles. The van der Waals surface area contributed by atoms with E-state index in [0.717, 1.165) is 0 Å². The van der Waals surface area contributed by atoms with Crippen molar-refractivity contribution in [3.63, 3.8) is 0 Å². The molecule has 108 valence electrons. The largest absolute Gasteiger partial charge is 0.507 e. The fraction of sp³-hybridized carbons (Fsp3) is 0.125. The highest BCUT2D eigenvalue weighted by Crippen LogP contribution is 2.20. The third-order valence-corrected chi connectivity index (χ3v) is 2.87. The van der Waals surface area contributed by atoms with Gasteiger partial charge in [0.15, 0.2) is 0 Å². The van der Waals surface area contributed by atoms with Gasteiger partial charge in [0.2, 0.25) is 5.91 Å². The first-order valence-corrected chi connectivity index (χ1v) is 6.59. The lowest BCUT2D eigenvalue weighted by atomic mass is 10.2. The molecule has 5 nitrogen and oxygen atoms in total. The van der Waals surface area contributed by atoms with Crippen molar-refractivity contribution in [1.82, 2.24) is 0 Å². The lowest BCUT2D eigenvalue weighted by Gasteiger charge is -2.09. The number of carbonyl (C=O) groups excluding carboxylic acids is 2. The monoisotopic (exact) mass is 284 g/mol. The summed E-state index contributed by atoms with van der Waals surface area (Å²) in [5, 5.41) is 15.0. The van der Waals surface area contributed by atoms with Gasteiger partial charge in [0.05, 0.1) is 5.56 Å². The number of nitrogens with one attached hydrogen (secondary N) is 2. The molecule has 3 N–H and O–H groups in total. The Bertz CT molecular complexity index is 668. The first-order chi connectivity index (χ1) is 10.1. The minimum Gasteiger partial charge on any atom is -0.507 e. The van der Waals surface area contributed by atoms with Crippen LogP contribution in [0.15, 0.2) is 48.5 Å². The number of rotatable bonds is 4. The van der Waals surface area contributed by atoms with Crippen LogP contribution in [0.1, 0.15) is 23.7 Å². The predicted octanol–water partition coefficient (Wildman–Crippen LogP) is 2.99. The van der Waals surface area contributed by atoms with Crippen LogP contribution in [0.3, 0.4) is 0 Å². The van der Waals surface area contributed by atoms with Crippen LogP contribution in [0, 0.1) is 0 Å². The van der Waals surface area contributed by atoms with Crippen molar-refractivity contribution < 1.29 is 14.7 Å². The Morgan fingerprint density at radius 1 is 1.00 bits per heavy atom. The summed E-state index contributed by atoms with van der Waals surface area (Å²) in [5.74, 6) is -0.586. The molecule has 0 aliphatic rings. The van der Waals surface area contributed by atoms with Crippen molar-refractivity contribution >= 4 is 23.2 Å². The Labute approximate surface area is 122 Å². The van der Waals surface area contributed by atoms with E-state index >= 15 is 0 Å². The van der Waals surface area contributed by atoms with Crippen LogP contribution in [0.25, 0.3) is 0 Å². The molecule has 0 aliphatic carbocycles. The third kappa shape index (κ3) is 3.82. The number of amides is 2. The van der Waals surface area contributed by atoms with Crippen LogP contribution >= 0.6 is 0 Å². The molecule has 21 heavy (non-hydrogen) atoms. The highest BCUT2D eigenvalue weighted by atomic mass is 16.3. The fourth-order valence-electron chi connectivity index (χ4n) is 1.79. The molecule has 2 amide bonds. The molecule has 2 aromatic rings. The summed E-state index contributed by atoms with van der Waals surface area (Å²) in [6.45, 7) is 1.76. The van der Waals surface area contributed by atoms with Crippen molar-refractivity contribution in [3.05, 3.63) is 54.1 Å². The fourth-order valence-corrected chi connectivity index (χ4v) is 1.79. The molecule has 0 bridgehead atoms. The van der Waals surface area contributed by atoms with Gasteiger partial charge < -0.3 is 15.7 Å². The second kappa shape index (κ2) is 6.56. The van der Waals surface area contributed by atoms with E-state index < -0.39 is 5.91 Å². The van der Waals surface area contributed by atoms with Crippen molar-refractivity contribution in [2.45, 2.75) is 13.3 Å². The first kappa shape index (κ1) is 14.6. The average Bonchev–Trinajstić information content (AvgIpc) is 2.47. The van der Waals surface area contributed by atoms with Crippen LogP contribution in [-0.4, -0.2) is 16.9 Å². The first-order valence-electron chi connectivity index (χ1n) is 6.59. The molecular formula is C16H16N2O3. The molecule has 0 fully saturated rings. The van der Waals surface area contributed by atoms with Gasteiger partial charge in [0, 0.05) is 17.8 Å². The van der Waals surface area contributed by atoms with Crippen LogP contribution in [-0.2, 0) is 4.79 Å². The SMILES string of the molecule is CCC(=O)Nc1cccc(NC(=O)c2ccccc2O)c1. The van der Waals surface area contributed by atoms with Crippen molar-refractivity contribution in [1.29, 1.82) is 0 Å². The molecular weight excluding hydrogens is 268 g/mol. The van der Waals surface area contributed by atoms with E-state index in [0.29, 0.717) is 17.8 Å². The summed E-state index contributed by atoms with van der Waals surface area (Å²) in [7, 11) is 0. The summed E-state index contributed by atoms with van der Waals surface area (Å²) < 4.78 is 0. The molecule has 0 heterocycles. The summed E-state index contributed by atoms with van der Waals surface area (Å²) in [6.07, 6.45) is 0.383. The maximum atomic E-state index is 12.1. The molecule has 0 unspecified atom stereocenters. The van der Waals surface area contributed by atoms with Gasteiger partial charge in [-0.25, -0.2) is 0 Å². The van der Waals surface area contributed by atoms with E-state index in [9.17, 15) is 14.7 Å². The number of phenolic OH excluding ortho intramolecular Hbond substituents is 1. The van der Waals surface area contributed by atoms with E-state index in [2.05, 4.69) is 10.6 Å². The number of hydrogen-bond acceptors (Lipinski definition) is 3. The van der Waals surface area contributed by atoms with Gasteiger partial charge in [-0.2, -0.15) is 0 Å². The molecule has 0 atom stereocenters. The zero-order valence-electron chi connectivity index (χ0n) is 11.6. The Morgan fingerprint density at radius 2 is 1.67 bits per heavy atom. The Hall–Kier alpha value is -2.82. The minimum atomic E-state index is -0.410. The Kier molecular flexibility index (Phi) is 4.56. The van der Waals surface area contributed by atoms with E-state index in [4.69, 9.17) is 0 Å². The van der Waals surface area contributed by atoms with Gasteiger partial charge in [0.25, 0.3) is 5.91 Å². The van der Waals surface area contributed by atoms with Gasteiger partial charge in [-0.1, -0.05) is 25.1 Å². The molecule has 0 radical (unpaired) electrons. The average molecular weight is 284 g/mol. The zero-order chi connectivity index (χ0) is 15.2. The predicted molar refractivity (Wildman–Crippen MR) is 81.4 cm³/mol. The lowest BCUT2D eigenvalue weighted by Crippen LogP contribution is -2.13. The van der Waals surface area contributed by atoms with Gasteiger partial charge in [-0.05, 0) is 30.3 Å². The minimum absolute atomic E-state index is 0.0783. The highest BCUT2D eigenvalue weighted by Gasteiger charge is 2.10. The molecule has 5 heteroatoms. The summed E-state index contributed by atoms with van der Waals surface area (Å²) >= 11 is 0. The molecule has 2 aromatic carbocycles. The lowest BCUT2D eigenvalue weighted by molar-refractivity contribution is -0.115. The van der Waals surface area contributed by atoms with Crippen LogP contribution in [0.4, 0.5) is 11.4 Å². The standard InChI is InChI=1S/C16H16N2O3/c1-2-15(20)17-11-6-5-7-12(10-11)18-16(21)13-8-3-4-9-14(13)19/h3-10,19H,2H2,1H3,(H,17,20)(H,18,21). The molecule has 0 aliphatic heterocycles. The highest BCUT2D eigenvalue weighted by molar-refractivity contribution is 6.06. The van der Waals surface area contributed by atoms with Gasteiger partial charge in [0.1, 0.15) is 5.75 Å². The maximum absolute atomic E-state index is 12.1. The number of carbonyl (C=O) groups is 2. The van der Waals surface area contributed by atoms with E-state index in [1.54, 1.807) is 43.3 Å². The van der Waals surface area contributed by atoms with Gasteiger partial charge >= 0.3 is 0 Å². The third-order valence-electron chi connectivity index (χ3n) is 2.87. The zero-order valence-corrected chi connectivity index (χ0v) is 11.6. The van der Waals surface area contributed by atoms with Crippen molar-refractivity contribution in [3.8, 4) is 5.75 Å². The van der Waals surface area contributed by atoms with E-state index in [1.165, 1.54) is 12.1 Å². The van der Waals surface area contributed by atoms with Crippen molar-refractivity contribution in [2.24, 2.45) is 0 Å². The Morgan fingerprint density at radius 3 is 2.33 bits per heavy atom. The smallest absolute Gasteiger partial charge is 0.259 e. The van der Waals surface area contributed by atoms with Crippen molar-refractivity contribution in [2.75, 3.05) is 10.6 Å². The normalized spacial score (nSPS) is 9.95. The number of hydrogen-bond donors (Lipinski definition) is 3. The molecule has 0 saturated carbocycles.